The van der Waals surface area contributed by atoms with Crippen LogP contribution in [0.4, 0.5) is 0 Å². The van der Waals surface area contributed by atoms with Crippen molar-refractivity contribution in [2.24, 2.45) is 5.92 Å². The third-order valence-electron chi connectivity index (χ3n) is 5.07. The molecule has 2 atom stereocenters. The van der Waals surface area contributed by atoms with Gasteiger partial charge in [0.1, 0.15) is 5.75 Å². The molecule has 1 heterocycles. The molecule has 1 aromatic carbocycles. The van der Waals surface area contributed by atoms with Crippen molar-refractivity contribution in [2.45, 2.75) is 64.0 Å². The van der Waals surface area contributed by atoms with Gasteiger partial charge in [-0.15, -0.1) is 0 Å². The number of hydrogen-bond donors (Lipinski definition) is 1. The fourth-order valence-electron chi connectivity index (χ4n) is 3.81. The molecule has 0 saturated heterocycles. The Labute approximate surface area is 136 Å². The van der Waals surface area contributed by atoms with E-state index in [-0.39, 0.29) is 0 Å². The van der Waals surface area contributed by atoms with Crippen molar-refractivity contribution in [1.82, 2.24) is 5.32 Å². The summed E-state index contributed by atoms with van der Waals surface area (Å²) in [4.78, 5) is 0. The Balaban J connectivity index is 1.72. The zero-order valence-corrected chi connectivity index (χ0v) is 14.5. The van der Waals surface area contributed by atoms with Crippen LogP contribution in [0.5, 0.6) is 5.75 Å². The minimum atomic E-state index is 0.438. The van der Waals surface area contributed by atoms with E-state index in [0.717, 1.165) is 29.2 Å². The predicted octanol–water partition coefficient (Wildman–Crippen LogP) is 5.22. The Morgan fingerprint density at radius 1 is 1.14 bits per heavy atom. The molecule has 3 heteroatoms. The molecule has 3 rings (SSSR count). The number of fused-ring (bicyclic) bond motifs is 1. The van der Waals surface area contributed by atoms with Gasteiger partial charge in [-0.2, -0.15) is 0 Å². The Hall–Kier alpha value is -0.540. The molecule has 0 spiro atoms. The molecule has 0 bridgehead atoms. The second kappa shape index (κ2) is 7.15. The fraction of sp³-hybridized carbons (Fsp3) is 0.667. The lowest BCUT2D eigenvalue weighted by molar-refractivity contribution is 0.259. The van der Waals surface area contributed by atoms with Crippen LogP contribution in [0.25, 0.3) is 0 Å². The molecule has 1 unspecified atom stereocenters. The SMILES string of the molecule is C[C@H](NC1CCCOc2cc(Br)ccc21)C1CCCCC1. The van der Waals surface area contributed by atoms with E-state index in [2.05, 4.69) is 46.4 Å². The molecular weight excluding hydrogens is 326 g/mol. The number of nitrogens with one attached hydrogen (secondary N) is 1. The highest BCUT2D eigenvalue weighted by atomic mass is 79.9. The Morgan fingerprint density at radius 2 is 1.95 bits per heavy atom. The number of hydrogen-bond acceptors (Lipinski definition) is 2. The van der Waals surface area contributed by atoms with Gasteiger partial charge >= 0.3 is 0 Å². The number of halogens is 1. The molecule has 1 aromatic rings. The molecule has 1 aliphatic carbocycles. The van der Waals surface area contributed by atoms with E-state index in [1.165, 1.54) is 44.1 Å². The maximum absolute atomic E-state index is 5.92. The van der Waals surface area contributed by atoms with Gasteiger partial charge in [-0.1, -0.05) is 41.3 Å². The van der Waals surface area contributed by atoms with Gasteiger partial charge in [0.25, 0.3) is 0 Å². The lowest BCUT2D eigenvalue weighted by Gasteiger charge is -2.32. The Kier molecular flexibility index (Phi) is 5.23. The van der Waals surface area contributed by atoms with Crippen LogP contribution in [0.15, 0.2) is 22.7 Å². The Morgan fingerprint density at radius 3 is 2.76 bits per heavy atom. The van der Waals surface area contributed by atoms with E-state index in [0.29, 0.717) is 12.1 Å². The van der Waals surface area contributed by atoms with Crippen LogP contribution in [-0.2, 0) is 0 Å². The molecule has 2 nitrogen and oxygen atoms in total. The summed E-state index contributed by atoms with van der Waals surface area (Å²) in [6.45, 7) is 3.21. The van der Waals surface area contributed by atoms with Crippen LogP contribution in [-0.4, -0.2) is 12.6 Å². The topological polar surface area (TPSA) is 21.3 Å². The highest BCUT2D eigenvalue weighted by Gasteiger charge is 2.25. The highest BCUT2D eigenvalue weighted by Crippen LogP contribution is 2.35. The van der Waals surface area contributed by atoms with Gasteiger partial charge in [0.05, 0.1) is 6.61 Å². The van der Waals surface area contributed by atoms with Gasteiger partial charge in [-0.25, -0.2) is 0 Å². The van der Waals surface area contributed by atoms with Crippen molar-refractivity contribution >= 4 is 15.9 Å². The summed E-state index contributed by atoms with van der Waals surface area (Å²) >= 11 is 3.55. The minimum absolute atomic E-state index is 0.438. The molecule has 0 aromatic heterocycles. The first-order valence-electron chi connectivity index (χ1n) is 8.42. The van der Waals surface area contributed by atoms with Gasteiger partial charge in [-0.05, 0) is 50.7 Å². The normalized spacial score (nSPS) is 24.8. The smallest absolute Gasteiger partial charge is 0.125 e. The average molecular weight is 352 g/mol. The fourth-order valence-corrected chi connectivity index (χ4v) is 4.15. The third kappa shape index (κ3) is 3.81. The second-order valence-electron chi connectivity index (χ2n) is 6.58. The standard InChI is InChI=1S/C18H26BrNO/c1-13(14-6-3-2-4-7-14)20-17-8-5-11-21-18-12-15(19)9-10-16(17)18/h9-10,12-14,17,20H,2-8,11H2,1H3/t13-,17?/m0/s1. The minimum Gasteiger partial charge on any atom is -0.493 e. The molecule has 116 valence electrons. The molecule has 21 heavy (non-hydrogen) atoms. The van der Waals surface area contributed by atoms with Gasteiger partial charge in [0.15, 0.2) is 0 Å². The summed E-state index contributed by atoms with van der Waals surface area (Å²) in [5.74, 6) is 1.90. The van der Waals surface area contributed by atoms with Gasteiger partial charge in [-0.3, -0.25) is 0 Å². The van der Waals surface area contributed by atoms with E-state index < -0.39 is 0 Å². The van der Waals surface area contributed by atoms with Gasteiger partial charge < -0.3 is 10.1 Å². The molecule has 2 aliphatic rings. The van der Waals surface area contributed by atoms with Crippen LogP contribution >= 0.6 is 15.9 Å². The van der Waals surface area contributed by atoms with Crippen molar-refractivity contribution < 1.29 is 4.74 Å². The highest BCUT2D eigenvalue weighted by molar-refractivity contribution is 9.10. The first kappa shape index (κ1) is 15.4. The van der Waals surface area contributed by atoms with E-state index >= 15 is 0 Å². The van der Waals surface area contributed by atoms with Crippen LogP contribution in [0.3, 0.4) is 0 Å². The summed E-state index contributed by atoms with van der Waals surface area (Å²) in [5.41, 5.74) is 1.33. The van der Waals surface area contributed by atoms with E-state index in [1.807, 2.05) is 0 Å². The van der Waals surface area contributed by atoms with Crippen molar-refractivity contribution in [3.63, 3.8) is 0 Å². The summed E-state index contributed by atoms with van der Waals surface area (Å²) in [6, 6.07) is 7.50. The largest absolute Gasteiger partial charge is 0.493 e. The molecule has 1 N–H and O–H groups in total. The lowest BCUT2D eigenvalue weighted by Crippen LogP contribution is -2.37. The third-order valence-corrected chi connectivity index (χ3v) is 5.56. The second-order valence-corrected chi connectivity index (χ2v) is 7.49. The molecule has 0 amide bonds. The molecular formula is C18H26BrNO. The molecule has 1 aliphatic heterocycles. The van der Waals surface area contributed by atoms with Crippen LogP contribution in [0, 0.1) is 5.92 Å². The monoisotopic (exact) mass is 351 g/mol. The maximum atomic E-state index is 5.92. The quantitative estimate of drug-likeness (QED) is 0.805. The average Bonchev–Trinajstić information content (AvgIpc) is 2.70. The van der Waals surface area contributed by atoms with E-state index in [1.54, 1.807) is 0 Å². The van der Waals surface area contributed by atoms with E-state index in [9.17, 15) is 0 Å². The van der Waals surface area contributed by atoms with Crippen LogP contribution < -0.4 is 10.1 Å². The summed E-state index contributed by atoms with van der Waals surface area (Å²) < 4.78 is 7.02. The lowest BCUT2D eigenvalue weighted by atomic mass is 9.84. The zero-order valence-electron chi connectivity index (χ0n) is 12.9. The maximum Gasteiger partial charge on any atom is 0.125 e. The summed E-state index contributed by atoms with van der Waals surface area (Å²) in [7, 11) is 0. The van der Waals surface area contributed by atoms with Crippen molar-refractivity contribution in [1.29, 1.82) is 0 Å². The zero-order chi connectivity index (χ0) is 14.7. The van der Waals surface area contributed by atoms with Crippen molar-refractivity contribution in [2.75, 3.05) is 6.61 Å². The number of ether oxygens (including phenoxy) is 1. The van der Waals surface area contributed by atoms with E-state index in [4.69, 9.17) is 4.74 Å². The van der Waals surface area contributed by atoms with Gasteiger partial charge in [0.2, 0.25) is 0 Å². The van der Waals surface area contributed by atoms with Crippen molar-refractivity contribution in [3.05, 3.63) is 28.2 Å². The first-order chi connectivity index (χ1) is 10.2. The Bertz CT molecular complexity index is 470. The first-order valence-corrected chi connectivity index (χ1v) is 9.21. The molecule has 1 saturated carbocycles. The van der Waals surface area contributed by atoms with Gasteiger partial charge in [0, 0.05) is 22.1 Å². The molecule has 1 fully saturated rings. The molecule has 0 radical (unpaired) electrons. The van der Waals surface area contributed by atoms with Crippen molar-refractivity contribution in [3.8, 4) is 5.75 Å². The number of benzene rings is 1. The predicted molar refractivity (Wildman–Crippen MR) is 90.8 cm³/mol. The number of rotatable bonds is 3. The summed E-state index contributed by atoms with van der Waals surface area (Å²) in [6.07, 6.45) is 9.33. The van der Waals surface area contributed by atoms with Crippen LogP contribution in [0.1, 0.15) is 63.5 Å². The summed E-state index contributed by atoms with van der Waals surface area (Å²) in [5, 5.41) is 3.91. The van der Waals surface area contributed by atoms with Crippen LogP contribution in [0.2, 0.25) is 0 Å².